The molecular weight excluding hydrogens is 278 g/mol. The van der Waals surface area contributed by atoms with Crippen molar-refractivity contribution in [3.8, 4) is 0 Å². The lowest BCUT2D eigenvalue weighted by Crippen LogP contribution is -2.55. The van der Waals surface area contributed by atoms with Crippen molar-refractivity contribution in [3.63, 3.8) is 0 Å². The van der Waals surface area contributed by atoms with Crippen molar-refractivity contribution in [2.45, 2.75) is 76.4 Å². The maximum atomic E-state index is 12.8. The molecule has 2 amide bonds. The van der Waals surface area contributed by atoms with Crippen LogP contribution in [0.2, 0.25) is 0 Å². The first-order chi connectivity index (χ1) is 10.6. The van der Waals surface area contributed by atoms with E-state index in [0.29, 0.717) is 12.0 Å². The van der Waals surface area contributed by atoms with Gasteiger partial charge in [0.25, 0.3) is 0 Å². The van der Waals surface area contributed by atoms with Crippen LogP contribution in [0.3, 0.4) is 0 Å². The summed E-state index contributed by atoms with van der Waals surface area (Å²) in [5.41, 5.74) is 0. The standard InChI is InChI=1S/C17H29N3O2/c1-12(21)18-16(13-6-2-3-7-13)17(22)19-14-9-11-20-10-5-4-8-15(14)20/h13-16H,2-11H2,1H3,(H,18,21)(H,19,22)/t14-,15+,16+/m1/s1. The van der Waals surface area contributed by atoms with Gasteiger partial charge in [-0.3, -0.25) is 14.5 Å². The van der Waals surface area contributed by atoms with Crippen LogP contribution in [-0.4, -0.2) is 47.9 Å². The molecule has 0 aromatic carbocycles. The maximum absolute atomic E-state index is 12.8. The summed E-state index contributed by atoms with van der Waals surface area (Å²) in [6, 6.07) is 0.447. The van der Waals surface area contributed by atoms with E-state index in [-0.39, 0.29) is 23.9 Å². The van der Waals surface area contributed by atoms with Gasteiger partial charge in [-0.15, -0.1) is 0 Å². The number of hydrogen-bond acceptors (Lipinski definition) is 3. The normalized spacial score (nSPS) is 30.8. The Morgan fingerprint density at radius 2 is 1.73 bits per heavy atom. The average Bonchev–Trinajstić information content (AvgIpc) is 3.15. The van der Waals surface area contributed by atoms with Crippen LogP contribution in [0.1, 0.15) is 58.3 Å². The summed E-state index contributed by atoms with van der Waals surface area (Å²) < 4.78 is 0. The van der Waals surface area contributed by atoms with E-state index in [4.69, 9.17) is 0 Å². The Kier molecular flexibility index (Phi) is 5.01. The van der Waals surface area contributed by atoms with Crippen LogP contribution in [0.25, 0.3) is 0 Å². The van der Waals surface area contributed by atoms with Crippen molar-refractivity contribution < 1.29 is 9.59 Å². The average molecular weight is 307 g/mol. The molecule has 3 fully saturated rings. The Morgan fingerprint density at radius 1 is 1.00 bits per heavy atom. The SMILES string of the molecule is CC(=O)N[C@H](C(=O)N[C@@H]1CCN2CCCC[C@@H]12)C1CCCC1. The second-order valence-electron chi connectivity index (χ2n) is 7.23. The van der Waals surface area contributed by atoms with E-state index in [0.717, 1.165) is 25.8 Å². The first kappa shape index (κ1) is 15.8. The number of carbonyl (C=O) groups is 2. The predicted molar refractivity (Wildman–Crippen MR) is 85.3 cm³/mol. The fourth-order valence-electron chi connectivity index (χ4n) is 4.60. The molecule has 5 nitrogen and oxygen atoms in total. The third-order valence-corrected chi connectivity index (χ3v) is 5.70. The third-order valence-electron chi connectivity index (χ3n) is 5.70. The van der Waals surface area contributed by atoms with Crippen molar-refractivity contribution in [2.24, 2.45) is 5.92 Å². The largest absolute Gasteiger partial charge is 0.350 e. The zero-order valence-corrected chi connectivity index (χ0v) is 13.6. The smallest absolute Gasteiger partial charge is 0.243 e. The number of carbonyl (C=O) groups excluding carboxylic acids is 2. The summed E-state index contributed by atoms with van der Waals surface area (Å²) in [5, 5.41) is 6.17. The summed E-state index contributed by atoms with van der Waals surface area (Å²) in [5.74, 6) is 0.255. The van der Waals surface area contributed by atoms with Crippen LogP contribution in [0.4, 0.5) is 0 Å². The number of fused-ring (bicyclic) bond motifs is 1. The number of nitrogens with one attached hydrogen (secondary N) is 2. The van der Waals surface area contributed by atoms with Crippen LogP contribution in [-0.2, 0) is 9.59 Å². The molecule has 3 rings (SSSR count). The second kappa shape index (κ2) is 6.99. The molecule has 0 aromatic heterocycles. The predicted octanol–water partition coefficient (Wildman–Crippen LogP) is 1.42. The van der Waals surface area contributed by atoms with Gasteiger partial charge in [-0.1, -0.05) is 19.3 Å². The first-order valence-corrected chi connectivity index (χ1v) is 8.96. The van der Waals surface area contributed by atoms with E-state index in [1.54, 1.807) is 0 Å². The minimum Gasteiger partial charge on any atom is -0.350 e. The number of amides is 2. The highest BCUT2D eigenvalue weighted by Gasteiger charge is 2.38. The summed E-state index contributed by atoms with van der Waals surface area (Å²) in [6.07, 6.45) is 9.25. The lowest BCUT2D eigenvalue weighted by atomic mass is 9.95. The molecular formula is C17H29N3O2. The summed E-state index contributed by atoms with van der Waals surface area (Å²) in [6.45, 7) is 3.78. The molecule has 0 unspecified atom stereocenters. The molecule has 0 radical (unpaired) electrons. The van der Waals surface area contributed by atoms with Gasteiger partial charge in [-0.25, -0.2) is 0 Å². The van der Waals surface area contributed by atoms with Crippen molar-refractivity contribution in [3.05, 3.63) is 0 Å². The van der Waals surface area contributed by atoms with Gasteiger partial charge in [-0.05, 0) is 44.6 Å². The van der Waals surface area contributed by atoms with Gasteiger partial charge in [0, 0.05) is 25.6 Å². The monoisotopic (exact) mass is 307 g/mol. The molecule has 22 heavy (non-hydrogen) atoms. The van der Waals surface area contributed by atoms with Gasteiger partial charge < -0.3 is 10.6 Å². The highest BCUT2D eigenvalue weighted by Crippen LogP contribution is 2.30. The quantitative estimate of drug-likeness (QED) is 0.826. The molecule has 2 saturated heterocycles. The Hall–Kier alpha value is -1.10. The zero-order valence-electron chi connectivity index (χ0n) is 13.6. The van der Waals surface area contributed by atoms with Crippen molar-refractivity contribution in [2.75, 3.05) is 13.1 Å². The van der Waals surface area contributed by atoms with E-state index in [1.807, 2.05) is 0 Å². The summed E-state index contributed by atoms with van der Waals surface area (Å²) in [4.78, 5) is 26.8. The van der Waals surface area contributed by atoms with Crippen LogP contribution in [0, 0.1) is 5.92 Å². The van der Waals surface area contributed by atoms with Crippen LogP contribution < -0.4 is 10.6 Å². The van der Waals surface area contributed by atoms with Crippen molar-refractivity contribution in [1.82, 2.24) is 15.5 Å². The Labute approximate surface area is 133 Å². The van der Waals surface area contributed by atoms with Gasteiger partial charge in [0.05, 0.1) is 0 Å². The highest BCUT2D eigenvalue weighted by atomic mass is 16.2. The highest BCUT2D eigenvalue weighted by molar-refractivity contribution is 5.87. The van der Waals surface area contributed by atoms with Gasteiger partial charge in [-0.2, -0.15) is 0 Å². The molecule has 0 bridgehead atoms. The van der Waals surface area contributed by atoms with E-state index >= 15 is 0 Å². The van der Waals surface area contributed by atoms with Crippen molar-refractivity contribution in [1.29, 1.82) is 0 Å². The van der Waals surface area contributed by atoms with E-state index in [2.05, 4.69) is 15.5 Å². The Bertz CT molecular complexity index is 420. The Morgan fingerprint density at radius 3 is 2.45 bits per heavy atom. The van der Waals surface area contributed by atoms with E-state index in [9.17, 15) is 9.59 Å². The van der Waals surface area contributed by atoms with E-state index < -0.39 is 0 Å². The fourth-order valence-corrected chi connectivity index (χ4v) is 4.60. The van der Waals surface area contributed by atoms with Crippen molar-refractivity contribution >= 4 is 11.8 Å². The fraction of sp³-hybridized carbons (Fsp3) is 0.882. The molecule has 5 heteroatoms. The lowest BCUT2D eigenvalue weighted by molar-refractivity contribution is -0.130. The first-order valence-electron chi connectivity index (χ1n) is 8.96. The molecule has 2 heterocycles. The lowest BCUT2D eigenvalue weighted by Gasteiger charge is -2.33. The van der Waals surface area contributed by atoms with Gasteiger partial charge in [0.15, 0.2) is 0 Å². The molecule has 0 aromatic rings. The van der Waals surface area contributed by atoms with Crippen LogP contribution >= 0.6 is 0 Å². The molecule has 1 saturated carbocycles. The second-order valence-corrected chi connectivity index (χ2v) is 7.23. The molecule has 3 atom stereocenters. The molecule has 0 spiro atoms. The van der Waals surface area contributed by atoms with Gasteiger partial charge in [0.2, 0.25) is 11.8 Å². The summed E-state index contributed by atoms with van der Waals surface area (Å²) in [7, 11) is 0. The van der Waals surface area contributed by atoms with Crippen LogP contribution in [0.5, 0.6) is 0 Å². The van der Waals surface area contributed by atoms with Gasteiger partial charge in [0.1, 0.15) is 6.04 Å². The number of rotatable bonds is 4. The third kappa shape index (κ3) is 3.45. The van der Waals surface area contributed by atoms with Crippen LogP contribution in [0.15, 0.2) is 0 Å². The number of piperidine rings is 1. The topological polar surface area (TPSA) is 61.4 Å². The Balaban J connectivity index is 1.61. The van der Waals surface area contributed by atoms with Gasteiger partial charge >= 0.3 is 0 Å². The minimum absolute atomic E-state index is 0.0412. The molecule has 2 aliphatic heterocycles. The summed E-state index contributed by atoms with van der Waals surface area (Å²) >= 11 is 0. The van der Waals surface area contributed by atoms with E-state index in [1.165, 1.54) is 45.6 Å². The minimum atomic E-state index is -0.336. The zero-order chi connectivity index (χ0) is 15.5. The number of hydrogen-bond donors (Lipinski definition) is 2. The maximum Gasteiger partial charge on any atom is 0.243 e. The number of nitrogens with zero attached hydrogens (tertiary/aromatic N) is 1. The molecule has 2 N–H and O–H groups in total. The molecule has 124 valence electrons. The molecule has 3 aliphatic rings. The molecule has 1 aliphatic carbocycles.